The van der Waals surface area contributed by atoms with Crippen LogP contribution >= 0.6 is 17.0 Å². The number of nitrogens with two attached hydrogens (primary N) is 1. The number of ether oxygens (including phenoxy) is 2. The molecule has 0 saturated carbocycles. The maximum atomic E-state index is 11.3. The van der Waals surface area contributed by atoms with Gasteiger partial charge in [-0.2, -0.15) is 0 Å². The Kier molecular flexibility index (Phi) is 9.71. The van der Waals surface area contributed by atoms with Gasteiger partial charge in [0, 0.05) is 0 Å². The average molecular weight is 284 g/mol. The van der Waals surface area contributed by atoms with E-state index in [-0.39, 0.29) is 17.0 Å². The first-order valence-electron chi connectivity index (χ1n) is 4.49. The molecule has 0 amide bonds. The minimum absolute atomic E-state index is 0. The number of carbonyl (C=O) groups is 2. The number of carbonyl (C=O) groups excluding carboxylic acids is 2. The lowest BCUT2D eigenvalue weighted by atomic mass is 9.95. The summed E-state index contributed by atoms with van der Waals surface area (Å²) < 4.78 is 9.02. The largest absolute Gasteiger partial charge is 0.469 e. The van der Waals surface area contributed by atoms with E-state index in [0.717, 1.165) is 6.42 Å². The van der Waals surface area contributed by atoms with Gasteiger partial charge >= 0.3 is 11.9 Å². The minimum Gasteiger partial charge on any atom is -0.469 e. The molecule has 0 bridgehead atoms. The fourth-order valence-corrected chi connectivity index (χ4v) is 1.21. The van der Waals surface area contributed by atoms with Gasteiger partial charge in [-0.05, 0) is 6.42 Å². The monoisotopic (exact) mass is 283 g/mol. The van der Waals surface area contributed by atoms with Crippen molar-refractivity contribution in [1.29, 1.82) is 0 Å². The molecular weight excluding hydrogens is 266 g/mol. The SMILES string of the molecule is Br.CCC[C@H](C(=O)OC)[C@H](N)C(=O)OC. The summed E-state index contributed by atoms with van der Waals surface area (Å²) in [6, 6.07) is -0.938. The molecule has 90 valence electrons. The highest BCUT2D eigenvalue weighted by Gasteiger charge is 2.31. The molecule has 2 N–H and O–H groups in total. The molecule has 0 rings (SSSR count). The zero-order chi connectivity index (χ0) is 11.1. The van der Waals surface area contributed by atoms with E-state index in [1.54, 1.807) is 0 Å². The van der Waals surface area contributed by atoms with Crippen LogP contribution in [0.4, 0.5) is 0 Å². The van der Waals surface area contributed by atoms with Crippen molar-refractivity contribution in [3.8, 4) is 0 Å². The number of hydrogen-bond acceptors (Lipinski definition) is 5. The van der Waals surface area contributed by atoms with Crippen LogP contribution in [0.3, 0.4) is 0 Å². The van der Waals surface area contributed by atoms with Gasteiger partial charge in [-0.25, -0.2) is 0 Å². The second kappa shape index (κ2) is 8.67. The van der Waals surface area contributed by atoms with Crippen molar-refractivity contribution in [3.63, 3.8) is 0 Å². The molecule has 0 unspecified atom stereocenters. The molecule has 15 heavy (non-hydrogen) atoms. The van der Waals surface area contributed by atoms with Crippen molar-refractivity contribution in [2.45, 2.75) is 25.8 Å². The molecule has 0 aliphatic heterocycles. The van der Waals surface area contributed by atoms with Crippen LogP contribution in [0.15, 0.2) is 0 Å². The highest BCUT2D eigenvalue weighted by atomic mass is 79.9. The highest BCUT2D eigenvalue weighted by Crippen LogP contribution is 2.13. The molecule has 0 heterocycles. The normalized spacial score (nSPS) is 13.3. The molecular formula is C9H18BrNO4. The predicted molar refractivity (Wildman–Crippen MR) is 60.7 cm³/mol. The second-order valence-corrected chi connectivity index (χ2v) is 2.97. The van der Waals surface area contributed by atoms with Crippen LogP contribution in [0.2, 0.25) is 0 Å². The van der Waals surface area contributed by atoms with E-state index in [9.17, 15) is 9.59 Å². The van der Waals surface area contributed by atoms with Crippen molar-refractivity contribution in [1.82, 2.24) is 0 Å². The van der Waals surface area contributed by atoms with E-state index in [1.807, 2.05) is 6.92 Å². The zero-order valence-electron chi connectivity index (χ0n) is 9.19. The fraction of sp³-hybridized carbons (Fsp3) is 0.778. The van der Waals surface area contributed by atoms with Gasteiger partial charge in [-0.1, -0.05) is 13.3 Å². The molecule has 0 aliphatic carbocycles. The Morgan fingerprint density at radius 2 is 1.67 bits per heavy atom. The van der Waals surface area contributed by atoms with E-state index >= 15 is 0 Å². The molecule has 0 aromatic rings. The minimum atomic E-state index is -0.938. The van der Waals surface area contributed by atoms with Gasteiger partial charge in [0.05, 0.1) is 20.1 Å². The summed E-state index contributed by atoms with van der Waals surface area (Å²) in [5.41, 5.74) is 5.56. The molecule has 0 aromatic carbocycles. The average Bonchev–Trinajstić information content (AvgIpc) is 2.22. The van der Waals surface area contributed by atoms with Crippen LogP contribution in [0.1, 0.15) is 19.8 Å². The van der Waals surface area contributed by atoms with Crippen molar-refractivity contribution < 1.29 is 19.1 Å². The molecule has 0 radical (unpaired) electrons. The summed E-state index contributed by atoms with van der Waals surface area (Å²) in [7, 11) is 2.51. The number of methoxy groups -OCH3 is 2. The highest BCUT2D eigenvalue weighted by molar-refractivity contribution is 8.93. The van der Waals surface area contributed by atoms with Crippen LogP contribution in [0.5, 0.6) is 0 Å². The molecule has 0 fully saturated rings. The van der Waals surface area contributed by atoms with E-state index in [1.165, 1.54) is 14.2 Å². The van der Waals surface area contributed by atoms with Crippen LogP contribution < -0.4 is 5.73 Å². The third-order valence-electron chi connectivity index (χ3n) is 2.01. The van der Waals surface area contributed by atoms with Crippen LogP contribution in [0, 0.1) is 5.92 Å². The Morgan fingerprint density at radius 1 is 1.20 bits per heavy atom. The standard InChI is InChI=1S/C9H17NO4.BrH/c1-4-5-6(8(11)13-2)7(10)9(12)14-3;/h6-7H,4-5,10H2,1-3H3;1H/t6-,7-;/m0./s1. The summed E-state index contributed by atoms with van der Waals surface area (Å²) in [6.45, 7) is 1.90. The lowest BCUT2D eigenvalue weighted by Crippen LogP contribution is -2.43. The van der Waals surface area contributed by atoms with Gasteiger partial charge in [0.25, 0.3) is 0 Å². The fourth-order valence-electron chi connectivity index (χ4n) is 1.21. The zero-order valence-corrected chi connectivity index (χ0v) is 10.9. The Balaban J connectivity index is 0. The molecule has 6 heteroatoms. The van der Waals surface area contributed by atoms with Crippen molar-refractivity contribution >= 4 is 28.9 Å². The lowest BCUT2D eigenvalue weighted by Gasteiger charge is -2.18. The van der Waals surface area contributed by atoms with Gasteiger partial charge in [0.15, 0.2) is 0 Å². The van der Waals surface area contributed by atoms with Gasteiger partial charge in [-0.15, -0.1) is 17.0 Å². The molecule has 0 aromatic heterocycles. The third-order valence-corrected chi connectivity index (χ3v) is 2.01. The van der Waals surface area contributed by atoms with Gasteiger partial charge in [0.2, 0.25) is 0 Å². The Bertz CT molecular complexity index is 210. The van der Waals surface area contributed by atoms with E-state index in [0.29, 0.717) is 6.42 Å². The number of esters is 2. The van der Waals surface area contributed by atoms with E-state index in [4.69, 9.17) is 5.73 Å². The number of rotatable bonds is 5. The third kappa shape index (κ3) is 5.13. The van der Waals surface area contributed by atoms with Gasteiger partial charge < -0.3 is 15.2 Å². The van der Waals surface area contributed by atoms with E-state index in [2.05, 4.69) is 9.47 Å². The van der Waals surface area contributed by atoms with Crippen molar-refractivity contribution in [3.05, 3.63) is 0 Å². The van der Waals surface area contributed by atoms with Crippen LogP contribution in [-0.4, -0.2) is 32.2 Å². The molecule has 2 atom stereocenters. The molecule has 0 aliphatic rings. The quantitative estimate of drug-likeness (QED) is 0.750. The van der Waals surface area contributed by atoms with Gasteiger partial charge in [0.1, 0.15) is 6.04 Å². The Hall–Kier alpha value is -0.620. The maximum absolute atomic E-state index is 11.3. The summed E-state index contributed by atoms with van der Waals surface area (Å²) in [5.74, 6) is -1.67. The van der Waals surface area contributed by atoms with Crippen LogP contribution in [0.25, 0.3) is 0 Å². The molecule has 0 spiro atoms. The Morgan fingerprint density at radius 3 is 2.00 bits per heavy atom. The smallest absolute Gasteiger partial charge is 0.323 e. The summed E-state index contributed by atoms with van der Waals surface area (Å²) >= 11 is 0. The van der Waals surface area contributed by atoms with Gasteiger partial charge in [-0.3, -0.25) is 9.59 Å². The van der Waals surface area contributed by atoms with E-state index < -0.39 is 23.9 Å². The Labute approximate surface area is 100 Å². The predicted octanol–water partition coefficient (Wildman–Crippen LogP) is 0.654. The summed E-state index contributed by atoms with van der Waals surface area (Å²) in [6.07, 6.45) is 1.27. The topological polar surface area (TPSA) is 78.6 Å². The first kappa shape index (κ1) is 16.8. The molecule has 5 nitrogen and oxygen atoms in total. The molecule has 0 saturated heterocycles. The first-order valence-corrected chi connectivity index (χ1v) is 4.49. The summed E-state index contributed by atoms with van der Waals surface area (Å²) in [5, 5.41) is 0. The maximum Gasteiger partial charge on any atom is 0.323 e. The second-order valence-electron chi connectivity index (χ2n) is 2.97. The lowest BCUT2D eigenvalue weighted by molar-refractivity contribution is -0.153. The van der Waals surface area contributed by atoms with Crippen molar-refractivity contribution in [2.75, 3.05) is 14.2 Å². The number of halogens is 1. The van der Waals surface area contributed by atoms with Crippen molar-refractivity contribution in [2.24, 2.45) is 11.7 Å². The first-order chi connectivity index (χ1) is 6.58. The number of hydrogen-bond donors (Lipinski definition) is 1. The summed E-state index contributed by atoms with van der Waals surface area (Å²) in [4.78, 5) is 22.3. The van der Waals surface area contributed by atoms with Crippen LogP contribution in [-0.2, 0) is 19.1 Å².